The molecule has 1 amide bonds. The highest BCUT2D eigenvalue weighted by atomic mass is 35.5. The maximum Gasteiger partial charge on any atom is 0.253 e. The summed E-state index contributed by atoms with van der Waals surface area (Å²) in [4.78, 5) is 19.7. The molecule has 1 aliphatic heterocycles. The lowest BCUT2D eigenvalue weighted by Crippen LogP contribution is -2.45. The molecule has 1 saturated carbocycles. The van der Waals surface area contributed by atoms with Crippen LogP contribution >= 0.6 is 11.6 Å². The van der Waals surface area contributed by atoms with Gasteiger partial charge in [0.15, 0.2) is 0 Å². The van der Waals surface area contributed by atoms with Crippen molar-refractivity contribution in [2.24, 2.45) is 5.92 Å². The van der Waals surface area contributed by atoms with Gasteiger partial charge in [-0.1, -0.05) is 31.4 Å². The zero-order valence-corrected chi connectivity index (χ0v) is 17.5. The number of aromatic nitrogens is 1. The number of halogens is 1. The number of rotatable bonds is 4. The number of benzene rings is 1. The molecule has 7 heteroatoms. The number of hydrogen-bond donors (Lipinski definition) is 3. The fourth-order valence-electron chi connectivity index (χ4n) is 4.65. The Morgan fingerprint density at radius 3 is 2.90 bits per heavy atom. The average Bonchev–Trinajstić information content (AvgIpc) is 3.12. The predicted molar refractivity (Wildman–Crippen MR) is 115 cm³/mol. The zero-order chi connectivity index (χ0) is 20.6. The van der Waals surface area contributed by atoms with E-state index < -0.39 is 5.60 Å². The van der Waals surface area contributed by atoms with Crippen molar-refractivity contribution in [1.82, 2.24) is 10.3 Å². The second kappa shape index (κ2) is 8.09. The van der Waals surface area contributed by atoms with Gasteiger partial charge in [-0.05, 0) is 49.4 Å². The summed E-state index contributed by atoms with van der Waals surface area (Å²) in [7, 11) is 0. The van der Waals surface area contributed by atoms with Crippen molar-refractivity contribution in [3.8, 4) is 0 Å². The first kappa shape index (κ1) is 20.4. The lowest BCUT2D eigenvalue weighted by atomic mass is 9.79. The first-order valence-corrected chi connectivity index (χ1v) is 10.8. The Labute approximate surface area is 175 Å². The molecule has 29 heavy (non-hydrogen) atoms. The Morgan fingerprint density at radius 2 is 2.17 bits per heavy atom. The highest BCUT2D eigenvalue weighted by Crippen LogP contribution is 2.32. The van der Waals surface area contributed by atoms with E-state index in [-0.39, 0.29) is 18.6 Å². The van der Waals surface area contributed by atoms with Crippen LogP contribution in [0.3, 0.4) is 0 Å². The summed E-state index contributed by atoms with van der Waals surface area (Å²) in [6.45, 7) is 3.68. The SMILES string of the molecule is C[C@H]1CCC[C@](O)(CNC(=O)c2c(Cl)ccc3nc(N4CC[C@H](O)C4)ccc23)C1. The molecule has 3 N–H and O–H groups in total. The van der Waals surface area contributed by atoms with Gasteiger partial charge in [0.05, 0.1) is 27.8 Å². The van der Waals surface area contributed by atoms with Crippen molar-refractivity contribution in [1.29, 1.82) is 0 Å². The molecule has 0 bridgehead atoms. The number of nitrogens with zero attached hydrogens (tertiary/aromatic N) is 2. The number of nitrogens with one attached hydrogen (secondary N) is 1. The molecule has 3 atom stereocenters. The molecule has 156 valence electrons. The van der Waals surface area contributed by atoms with Crippen LogP contribution in [0.25, 0.3) is 10.9 Å². The summed E-state index contributed by atoms with van der Waals surface area (Å²) < 4.78 is 0. The number of fused-ring (bicyclic) bond motifs is 1. The van der Waals surface area contributed by atoms with E-state index in [1.54, 1.807) is 12.1 Å². The molecule has 0 spiro atoms. The van der Waals surface area contributed by atoms with Gasteiger partial charge in [-0.15, -0.1) is 0 Å². The average molecular weight is 418 g/mol. The molecular formula is C22H28ClN3O3. The number of carbonyl (C=O) groups is 1. The summed E-state index contributed by atoms with van der Waals surface area (Å²) in [6, 6.07) is 7.22. The lowest BCUT2D eigenvalue weighted by molar-refractivity contribution is -0.0109. The molecule has 2 fully saturated rings. The largest absolute Gasteiger partial charge is 0.391 e. The second-order valence-electron chi connectivity index (χ2n) is 8.66. The molecule has 1 aromatic heterocycles. The van der Waals surface area contributed by atoms with Crippen LogP contribution in [-0.4, -0.2) is 52.4 Å². The van der Waals surface area contributed by atoms with E-state index in [4.69, 9.17) is 11.6 Å². The lowest BCUT2D eigenvalue weighted by Gasteiger charge is -2.35. The maximum atomic E-state index is 13.0. The maximum absolute atomic E-state index is 13.0. The van der Waals surface area contributed by atoms with Crippen molar-refractivity contribution >= 4 is 34.2 Å². The van der Waals surface area contributed by atoms with Gasteiger partial charge < -0.3 is 20.4 Å². The van der Waals surface area contributed by atoms with Crippen LogP contribution in [0.2, 0.25) is 5.02 Å². The first-order chi connectivity index (χ1) is 13.8. The number of hydrogen-bond acceptors (Lipinski definition) is 5. The highest BCUT2D eigenvalue weighted by molar-refractivity contribution is 6.35. The molecule has 1 aliphatic carbocycles. The van der Waals surface area contributed by atoms with Crippen LogP contribution in [0.1, 0.15) is 49.4 Å². The molecule has 1 aromatic carbocycles. The van der Waals surface area contributed by atoms with Gasteiger partial charge >= 0.3 is 0 Å². The van der Waals surface area contributed by atoms with Crippen molar-refractivity contribution in [3.63, 3.8) is 0 Å². The number of aliphatic hydroxyl groups excluding tert-OH is 1. The van der Waals surface area contributed by atoms with Gasteiger partial charge in [-0.2, -0.15) is 0 Å². The Balaban J connectivity index is 1.56. The van der Waals surface area contributed by atoms with E-state index in [1.807, 2.05) is 17.0 Å². The van der Waals surface area contributed by atoms with Crippen LogP contribution in [0.4, 0.5) is 5.82 Å². The van der Waals surface area contributed by atoms with Gasteiger partial charge in [0.25, 0.3) is 5.91 Å². The van der Waals surface area contributed by atoms with Gasteiger partial charge in [0.2, 0.25) is 0 Å². The zero-order valence-electron chi connectivity index (χ0n) is 16.7. The van der Waals surface area contributed by atoms with E-state index in [1.165, 1.54) is 0 Å². The predicted octanol–water partition coefficient (Wildman–Crippen LogP) is 3.13. The smallest absolute Gasteiger partial charge is 0.253 e. The number of carbonyl (C=O) groups excluding carboxylic acids is 1. The third-order valence-electron chi connectivity index (χ3n) is 6.17. The molecular weight excluding hydrogens is 390 g/mol. The summed E-state index contributed by atoms with van der Waals surface area (Å²) in [5.41, 5.74) is 0.215. The minimum Gasteiger partial charge on any atom is -0.391 e. The highest BCUT2D eigenvalue weighted by Gasteiger charge is 2.33. The number of pyridine rings is 1. The molecule has 4 rings (SSSR count). The van der Waals surface area contributed by atoms with Crippen LogP contribution < -0.4 is 10.2 Å². The Hall–Kier alpha value is -1.89. The third kappa shape index (κ3) is 4.34. The molecule has 2 heterocycles. The number of β-amino-alcohol motifs (C(OH)–C–C–N with tert-alkyl or cyclic N) is 1. The van der Waals surface area contributed by atoms with Crippen molar-refractivity contribution in [2.45, 2.75) is 50.7 Å². The standard InChI is InChI=1S/C22H28ClN3O3/c1-14-3-2-9-22(29,11-14)13-24-21(28)20-16-4-7-19(26-10-8-15(27)12-26)25-18(16)6-5-17(20)23/h4-7,14-15,27,29H,2-3,8-13H2,1H3,(H,24,28)/t14-,15-,22+/m0/s1. The summed E-state index contributed by atoms with van der Waals surface area (Å²) in [6.07, 6.45) is 3.90. The first-order valence-electron chi connectivity index (χ1n) is 10.4. The van der Waals surface area contributed by atoms with Crippen LogP contribution in [0, 0.1) is 5.92 Å². The molecule has 6 nitrogen and oxygen atoms in total. The fraction of sp³-hybridized carbons (Fsp3) is 0.545. The Kier molecular flexibility index (Phi) is 5.69. The fourth-order valence-corrected chi connectivity index (χ4v) is 4.90. The normalized spacial score (nSPS) is 27.4. The van der Waals surface area contributed by atoms with E-state index >= 15 is 0 Å². The van der Waals surface area contributed by atoms with Gasteiger partial charge in [0.1, 0.15) is 5.82 Å². The molecule has 0 unspecified atom stereocenters. The summed E-state index contributed by atoms with van der Waals surface area (Å²) in [5, 5.41) is 24.5. The van der Waals surface area contributed by atoms with E-state index in [0.29, 0.717) is 46.8 Å². The van der Waals surface area contributed by atoms with Crippen LogP contribution in [0.5, 0.6) is 0 Å². The summed E-state index contributed by atoms with van der Waals surface area (Å²) in [5.74, 6) is 0.949. The minimum atomic E-state index is -0.855. The van der Waals surface area contributed by atoms with Crippen molar-refractivity contribution in [3.05, 3.63) is 34.9 Å². The Bertz CT molecular complexity index is 922. The van der Waals surface area contributed by atoms with Crippen molar-refractivity contribution in [2.75, 3.05) is 24.5 Å². The molecule has 2 aliphatic rings. The quantitative estimate of drug-likeness (QED) is 0.711. The minimum absolute atomic E-state index is 0.222. The third-order valence-corrected chi connectivity index (χ3v) is 6.48. The number of aliphatic hydroxyl groups is 2. The molecule has 0 radical (unpaired) electrons. The Morgan fingerprint density at radius 1 is 1.34 bits per heavy atom. The molecule has 1 saturated heterocycles. The van der Waals surface area contributed by atoms with Crippen LogP contribution in [0.15, 0.2) is 24.3 Å². The van der Waals surface area contributed by atoms with E-state index in [9.17, 15) is 15.0 Å². The summed E-state index contributed by atoms with van der Waals surface area (Å²) >= 11 is 6.37. The van der Waals surface area contributed by atoms with Crippen molar-refractivity contribution < 1.29 is 15.0 Å². The van der Waals surface area contributed by atoms with E-state index in [0.717, 1.165) is 31.6 Å². The van der Waals surface area contributed by atoms with Gasteiger partial charge in [0, 0.05) is 25.0 Å². The van der Waals surface area contributed by atoms with Gasteiger partial charge in [-0.3, -0.25) is 4.79 Å². The van der Waals surface area contributed by atoms with Gasteiger partial charge in [-0.25, -0.2) is 4.98 Å². The number of anilines is 1. The second-order valence-corrected chi connectivity index (χ2v) is 9.06. The number of amides is 1. The topological polar surface area (TPSA) is 85.7 Å². The van der Waals surface area contributed by atoms with Crippen LogP contribution in [-0.2, 0) is 0 Å². The monoisotopic (exact) mass is 417 g/mol. The molecule has 2 aromatic rings. The van der Waals surface area contributed by atoms with E-state index in [2.05, 4.69) is 17.2 Å².